The molecule has 0 radical (unpaired) electrons. The topological polar surface area (TPSA) is 148 Å². The van der Waals surface area contributed by atoms with Crippen LogP contribution in [0.15, 0.2) is 35.9 Å². The Hall–Kier alpha value is -2.42. The lowest BCUT2D eigenvalue weighted by atomic mass is 9.90. The van der Waals surface area contributed by atoms with Gasteiger partial charge >= 0.3 is 0 Å². The van der Waals surface area contributed by atoms with E-state index in [1.807, 2.05) is 0 Å². The van der Waals surface area contributed by atoms with Crippen molar-refractivity contribution < 1.29 is 24.5 Å². The molecule has 0 bridgehead atoms. The predicted octanol–water partition coefficient (Wildman–Crippen LogP) is -1.41. The Balaban J connectivity index is 2.06. The molecular weight excluding hydrogens is 326 g/mol. The van der Waals surface area contributed by atoms with Crippen molar-refractivity contribution in [2.75, 3.05) is 7.11 Å². The molecule has 7 N–H and O–H groups in total. The standard InChI is InChI=1S/C17H23N3O5/c1-25-11-4-2-9(3-5-11)6-13(16(19)23)20-17(24)10-7-12(18)15(22)14(21)8-10/h2-5,7,12-15,21-22H,6,8,18H2,1H3,(H2,19,23)(H,20,24). The van der Waals surface area contributed by atoms with E-state index in [9.17, 15) is 19.8 Å². The third-order valence-electron chi connectivity index (χ3n) is 4.15. The summed E-state index contributed by atoms with van der Waals surface area (Å²) in [5, 5.41) is 21.9. The average molecular weight is 349 g/mol. The number of benzene rings is 1. The molecule has 1 aromatic rings. The van der Waals surface area contributed by atoms with Crippen LogP contribution in [0.5, 0.6) is 5.75 Å². The number of nitrogens with two attached hydrogens (primary N) is 2. The number of hydrogen-bond donors (Lipinski definition) is 5. The van der Waals surface area contributed by atoms with Gasteiger partial charge in [0, 0.05) is 18.4 Å². The molecule has 4 atom stereocenters. The van der Waals surface area contributed by atoms with Crippen LogP contribution >= 0.6 is 0 Å². The summed E-state index contributed by atoms with van der Waals surface area (Å²) in [4.78, 5) is 24.0. The third kappa shape index (κ3) is 4.79. The number of ether oxygens (including phenoxy) is 1. The van der Waals surface area contributed by atoms with Crippen LogP contribution in [0.4, 0.5) is 0 Å². The van der Waals surface area contributed by atoms with Crippen LogP contribution in [0.25, 0.3) is 0 Å². The Morgan fingerprint density at radius 3 is 2.48 bits per heavy atom. The van der Waals surface area contributed by atoms with Gasteiger partial charge in [-0.2, -0.15) is 0 Å². The maximum atomic E-state index is 12.3. The first-order valence-electron chi connectivity index (χ1n) is 7.87. The van der Waals surface area contributed by atoms with E-state index in [0.717, 1.165) is 5.56 Å². The van der Waals surface area contributed by atoms with E-state index in [-0.39, 0.29) is 18.4 Å². The second kappa shape index (κ2) is 8.11. The quantitative estimate of drug-likeness (QED) is 0.426. The van der Waals surface area contributed by atoms with Crippen molar-refractivity contribution in [3.63, 3.8) is 0 Å². The third-order valence-corrected chi connectivity index (χ3v) is 4.15. The van der Waals surface area contributed by atoms with Crippen molar-refractivity contribution in [3.05, 3.63) is 41.5 Å². The highest BCUT2D eigenvalue weighted by molar-refractivity contribution is 5.97. The summed E-state index contributed by atoms with van der Waals surface area (Å²) in [5.74, 6) is -0.540. The fourth-order valence-electron chi connectivity index (χ4n) is 2.64. The molecule has 2 rings (SSSR count). The van der Waals surface area contributed by atoms with Crippen LogP contribution < -0.4 is 21.5 Å². The van der Waals surface area contributed by atoms with E-state index in [2.05, 4.69) is 5.32 Å². The molecule has 0 saturated heterocycles. The highest BCUT2D eigenvalue weighted by Crippen LogP contribution is 2.19. The normalized spacial score (nSPS) is 24.2. The molecule has 0 aromatic heterocycles. The zero-order valence-corrected chi connectivity index (χ0v) is 13.9. The van der Waals surface area contributed by atoms with Crippen LogP contribution in [-0.4, -0.2) is 53.4 Å². The van der Waals surface area contributed by atoms with Crippen molar-refractivity contribution in [2.24, 2.45) is 11.5 Å². The van der Waals surface area contributed by atoms with Crippen LogP contribution in [0.2, 0.25) is 0 Å². The van der Waals surface area contributed by atoms with Gasteiger partial charge in [0.05, 0.1) is 25.4 Å². The van der Waals surface area contributed by atoms with Gasteiger partial charge in [0.15, 0.2) is 0 Å². The van der Waals surface area contributed by atoms with Gasteiger partial charge in [-0.05, 0) is 17.7 Å². The van der Waals surface area contributed by atoms with E-state index in [4.69, 9.17) is 16.2 Å². The maximum Gasteiger partial charge on any atom is 0.247 e. The summed E-state index contributed by atoms with van der Waals surface area (Å²) < 4.78 is 5.07. The Bertz CT molecular complexity index is 659. The SMILES string of the molecule is COc1ccc(CC(NC(=O)C2=CC(N)C(O)C(O)C2)C(N)=O)cc1. The monoisotopic (exact) mass is 349 g/mol. The fraction of sp³-hybridized carbons (Fsp3) is 0.412. The van der Waals surface area contributed by atoms with Crippen molar-refractivity contribution >= 4 is 11.8 Å². The first-order valence-corrected chi connectivity index (χ1v) is 7.87. The first-order chi connectivity index (χ1) is 11.8. The van der Waals surface area contributed by atoms with Gasteiger partial charge in [0.25, 0.3) is 0 Å². The number of rotatable bonds is 6. The van der Waals surface area contributed by atoms with Gasteiger partial charge in [0.2, 0.25) is 11.8 Å². The molecule has 8 heteroatoms. The zero-order valence-electron chi connectivity index (χ0n) is 13.9. The number of hydrogen-bond acceptors (Lipinski definition) is 6. The van der Waals surface area contributed by atoms with Crippen molar-refractivity contribution in [1.82, 2.24) is 5.32 Å². The predicted molar refractivity (Wildman–Crippen MR) is 90.5 cm³/mol. The number of carbonyl (C=O) groups excluding carboxylic acids is 2. The summed E-state index contributed by atoms with van der Waals surface area (Å²) in [6.45, 7) is 0. The van der Waals surface area contributed by atoms with Gasteiger partial charge in [-0.1, -0.05) is 18.2 Å². The summed E-state index contributed by atoms with van der Waals surface area (Å²) >= 11 is 0. The molecule has 0 heterocycles. The van der Waals surface area contributed by atoms with Crippen LogP contribution in [0.3, 0.4) is 0 Å². The summed E-state index contributed by atoms with van der Waals surface area (Å²) in [5.41, 5.74) is 12.1. The van der Waals surface area contributed by atoms with Crippen molar-refractivity contribution in [1.29, 1.82) is 0 Å². The molecule has 4 unspecified atom stereocenters. The average Bonchev–Trinajstić information content (AvgIpc) is 2.59. The molecule has 1 aliphatic rings. The highest BCUT2D eigenvalue weighted by Gasteiger charge is 2.31. The molecule has 2 amide bonds. The van der Waals surface area contributed by atoms with E-state index in [1.54, 1.807) is 31.4 Å². The second-order valence-corrected chi connectivity index (χ2v) is 6.01. The first kappa shape index (κ1) is 18.9. The molecular formula is C17H23N3O5. The molecule has 8 nitrogen and oxygen atoms in total. The van der Waals surface area contributed by atoms with Gasteiger partial charge < -0.3 is 31.7 Å². The molecule has 1 aromatic carbocycles. The summed E-state index contributed by atoms with van der Waals surface area (Å²) in [6.07, 6.45) is -0.695. The number of nitrogens with one attached hydrogen (secondary N) is 1. The number of aliphatic hydroxyl groups is 2. The number of methoxy groups -OCH3 is 1. The van der Waals surface area contributed by atoms with E-state index < -0.39 is 36.1 Å². The minimum atomic E-state index is -1.13. The Kier molecular flexibility index (Phi) is 6.13. The van der Waals surface area contributed by atoms with Gasteiger partial charge in [0.1, 0.15) is 11.8 Å². The largest absolute Gasteiger partial charge is 0.497 e. The molecule has 1 aliphatic carbocycles. The lowest BCUT2D eigenvalue weighted by Gasteiger charge is -2.28. The number of primary amides is 1. The molecule has 0 spiro atoms. The molecule has 25 heavy (non-hydrogen) atoms. The van der Waals surface area contributed by atoms with Crippen molar-refractivity contribution in [2.45, 2.75) is 37.1 Å². The minimum absolute atomic E-state index is 0.0469. The van der Waals surface area contributed by atoms with Crippen LogP contribution in [0.1, 0.15) is 12.0 Å². The summed E-state index contributed by atoms with van der Waals surface area (Å²) in [7, 11) is 1.55. The van der Waals surface area contributed by atoms with Crippen LogP contribution in [-0.2, 0) is 16.0 Å². The maximum absolute atomic E-state index is 12.3. The summed E-state index contributed by atoms with van der Waals surface area (Å²) in [6, 6.07) is 5.28. The van der Waals surface area contributed by atoms with E-state index >= 15 is 0 Å². The van der Waals surface area contributed by atoms with Gasteiger partial charge in [-0.15, -0.1) is 0 Å². The molecule has 0 saturated carbocycles. The number of carbonyl (C=O) groups is 2. The zero-order chi connectivity index (χ0) is 18.6. The Morgan fingerprint density at radius 1 is 1.32 bits per heavy atom. The van der Waals surface area contributed by atoms with Gasteiger partial charge in [-0.25, -0.2) is 0 Å². The number of aliphatic hydroxyl groups excluding tert-OH is 2. The van der Waals surface area contributed by atoms with E-state index in [1.165, 1.54) is 6.08 Å². The Morgan fingerprint density at radius 2 is 1.96 bits per heavy atom. The highest BCUT2D eigenvalue weighted by atomic mass is 16.5. The van der Waals surface area contributed by atoms with Crippen LogP contribution in [0, 0.1) is 0 Å². The Labute approximate surface area is 145 Å². The van der Waals surface area contributed by atoms with Crippen molar-refractivity contribution in [3.8, 4) is 5.75 Å². The van der Waals surface area contributed by atoms with E-state index in [0.29, 0.717) is 5.75 Å². The molecule has 0 fully saturated rings. The molecule has 0 aliphatic heterocycles. The smallest absolute Gasteiger partial charge is 0.247 e. The lowest BCUT2D eigenvalue weighted by Crippen LogP contribution is -2.50. The number of amides is 2. The minimum Gasteiger partial charge on any atom is -0.497 e. The second-order valence-electron chi connectivity index (χ2n) is 6.01. The molecule has 136 valence electrons. The fourth-order valence-corrected chi connectivity index (χ4v) is 2.64. The lowest BCUT2D eigenvalue weighted by molar-refractivity contribution is -0.125. The van der Waals surface area contributed by atoms with Gasteiger partial charge in [-0.3, -0.25) is 9.59 Å².